The number of hydrogen-bond donors (Lipinski definition) is 1. The number of anilines is 1. The molecule has 1 aromatic rings. The summed E-state index contributed by atoms with van der Waals surface area (Å²) >= 11 is 0. The molecule has 0 aliphatic carbocycles. The van der Waals surface area contributed by atoms with Gasteiger partial charge in [0, 0.05) is 12.6 Å². The lowest BCUT2D eigenvalue weighted by molar-refractivity contribution is -0.116. The fraction of sp³-hybridized carbons (Fsp3) is 0.625. The molecule has 0 saturated carbocycles. The first kappa shape index (κ1) is 15.7. The Bertz CT molecular complexity index is 360. The highest BCUT2D eigenvalue weighted by Gasteiger charge is 2.02. The number of pyridine rings is 1. The molecular weight excluding hydrogens is 236 g/mol. The van der Waals surface area contributed by atoms with Crippen LogP contribution in [0, 0.1) is 6.92 Å². The van der Waals surface area contributed by atoms with E-state index in [-0.39, 0.29) is 5.91 Å². The second-order valence-electron chi connectivity index (χ2n) is 5.14. The molecule has 1 rings (SSSR count). The molecule has 0 bridgehead atoms. The van der Waals surface area contributed by atoms with Crippen molar-refractivity contribution in [2.24, 2.45) is 0 Å². The van der Waals surface area contributed by atoms with E-state index in [9.17, 15) is 4.79 Å². The minimum Gasteiger partial charge on any atom is -0.311 e. The van der Waals surface area contributed by atoms with Gasteiger partial charge >= 0.3 is 0 Å². The third-order valence-corrected chi connectivity index (χ3v) is 3.19. The van der Waals surface area contributed by atoms with Gasteiger partial charge in [-0.2, -0.15) is 0 Å². The van der Waals surface area contributed by atoms with Crippen LogP contribution in [0.25, 0.3) is 0 Å². The monoisotopic (exact) mass is 262 g/mol. The summed E-state index contributed by atoms with van der Waals surface area (Å²) in [6.45, 7) is 4.21. The van der Waals surface area contributed by atoms with Crippen LogP contribution in [0.5, 0.6) is 0 Å². The van der Waals surface area contributed by atoms with E-state index < -0.39 is 0 Å². The van der Waals surface area contributed by atoms with E-state index in [1.807, 2.05) is 19.1 Å². The molecule has 0 saturated heterocycles. The molecule has 3 nitrogen and oxygen atoms in total. The summed E-state index contributed by atoms with van der Waals surface area (Å²) in [5, 5.41) is 2.83. The summed E-state index contributed by atoms with van der Waals surface area (Å²) in [5.41, 5.74) is 1.10. The molecule has 0 aliphatic heterocycles. The Hall–Kier alpha value is -1.38. The lowest BCUT2D eigenvalue weighted by Gasteiger charge is -2.04. The van der Waals surface area contributed by atoms with E-state index in [2.05, 4.69) is 17.2 Å². The molecule has 1 amide bonds. The summed E-state index contributed by atoms with van der Waals surface area (Å²) in [7, 11) is 0. The van der Waals surface area contributed by atoms with Crippen LogP contribution in [-0.2, 0) is 4.79 Å². The van der Waals surface area contributed by atoms with Gasteiger partial charge in [0.1, 0.15) is 5.82 Å². The van der Waals surface area contributed by atoms with Crippen LogP contribution in [0.3, 0.4) is 0 Å². The smallest absolute Gasteiger partial charge is 0.225 e. The number of aryl methyl sites for hydroxylation is 1. The lowest BCUT2D eigenvalue weighted by Crippen LogP contribution is -2.12. The molecule has 1 aromatic heterocycles. The molecule has 1 N–H and O–H groups in total. The van der Waals surface area contributed by atoms with Crippen molar-refractivity contribution in [1.82, 2.24) is 4.98 Å². The first-order valence-electron chi connectivity index (χ1n) is 7.45. The average Bonchev–Trinajstić information content (AvgIpc) is 2.40. The largest absolute Gasteiger partial charge is 0.311 e. The molecule has 0 atom stereocenters. The van der Waals surface area contributed by atoms with Crippen LogP contribution in [0.1, 0.15) is 63.9 Å². The van der Waals surface area contributed by atoms with Gasteiger partial charge < -0.3 is 5.32 Å². The van der Waals surface area contributed by atoms with Crippen molar-refractivity contribution in [1.29, 1.82) is 0 Å². The summed E-state index contributed by atoms with van der Waals surface area (Å²) in [6, 6.07) is 3.80. The van der Waals surface area contributed by atoms with Crippen LogP contribution in [0.4, 0.5) is 5.82 Å². The summed E-state index contributed by atoms with van der Waals surface area (Å²) in [5.74, 6) is 0.725. The van der Waals surface area contributed by atoms with E-state index in [0.29, 0.717) is 12.2 Å². The number of amides is 1. The van der Waals surface area contributed by atoms with E-state index in [1.54, 1.807) is 6.20 Å². The van der Waals surface area contributed by atoms with E-state index in [4.69, 9.17) is 0 Å². The van der Waals surface area contributed by atoms with E-state index in [1.165, 1.54) is 32.1 Å². The van der Waals surface area contributed by atoms with Gasteiger partial charge in [-0.15, -0.1) is 0 Å². The fourth-order valence-corrected chi connectivity index (χ4v) is 1.99. The number of nitrogens with zero attached hydrogens (tertiary/aromatic N) is 1. The van der Waals surface area contributed by atoms with Crippen molar-refractivity contribution in [3.63, 3.8) is 0 Å². The molecule has 0 aromatic carbocycles. The minimum absolute atomic E-state index is 0.0740. The second kappa shape index (κ2) is 9.54. The van der Waals surface area contributed by atoms with Crippen molar-refractivity contribution < 1.29 is 4.79 Å². The average molecular weight is 262 g/mol. The van der Waals surface area contributed by atoms with Crippen LogP contribution in [-0.4, -0.2) is 10.9 Å². The third-order valence-electron chi connectivity index (χ3n) is 3.19. The molecule has 19 heavy (non-hydrogen) atoms. The van der Waals surface area contributed by atoms with Crippen LogP contribution < -0.4 is 5.32 Å². The highest BCUT2D eigenvalue weighted by Crippen LogP contribution is 2.09. The van der Waals surface area contributed by atoms with Gasteiger partial charge in [0.25, 0.3) is 0 Å². The lowest BCUT2D eigenvalue weighted by atomic mass is 10.1. The summed E-state index contributed by atoms with van der Waals surface area (Å²) in [6.07, 6.45) is 11.0. The van der Waals surface area contributed by atoms with Gasteiger partial charge in [-0.1, -0.05) is 51.5 Å². The highest BCUT2D eigenvalue weighted by molar-refractivity contribution is 5.89. The van der Waals surface area contributed by atoms with Crippen molar-refractivity contribution in [2.75, 3.05) is 5.32 Å². The molecule has 3 heteroatoms. The first-order valence-corrected chi connectivity index (χ1v) is 7.45. The fourth-order valence-electron chi connectivity index (χ4n) is 1.99. The quantitative estimate of drug-likeness (QED) is 0.667. The Morgan fingerprint density at radius 2 is 1.79 bits per heavy atom. The predicted molar refractivity (Wildman–Crippen MR) is 80.2 cm³/mol. The maximum atomic E-state index is 11.7. The number of aromatic nitrogens is 1. The number of carbonyl (C=O) groups excluding carboxylic acids is 1. The van der Waals surface area contributed by atoms with E-state index in [0.717, 1.165) is 18.4 Å². The molecule has 0 radical (unpaired) electrons. The number of carbonyl (C=O) groups is 1. The molecule has 0 fully saturated rings. The van der Waals surface area contributed by atoms with Crippen LogP contribution in [0.15, 0.2) is 18.3 Å². The molecule has 0 spiro atoms. The Balaban J connectivity index is 2.06. The van der Waals surface area contributed by atoms with Gasteiger partial charge in [-0.25, -0.2) is 4.98 Å². The van der Waals surface area contributed by atoms with E-state index >= 15 is 0 Å². The topological polar surface area (TPSA) is 42.0 Å². The number of hydrogen-bond acceptors (Lipinski definition) is 2. The molecule has 106 valence electrons. The predicted octanol–water partition coefficient (Wildman–Crippen LogP) is 4.47. The number of rotatable bonds is 9. The SMILES string of the molecule is CCCCCCCCCC(=O)Nc1ccc(C)cn1. The molecular formula is C16H26N2O. The Morgan fingerprint density at radius 3 is 2.42 bits per heavy atom. The maximum absolute atomic E-state index is 11.7. The Kier molecular flexibility index (Phi) is 7.87. The number of unbranched alkanes of at least 4 members (excludes halogenated alkanes) is 6. The van der Waals surface area contributed by atoms with Gasteiger partial charge in [-0.3, -0.25) is 4.79 Å². The maximum Gasteiger partial charge on any atom is 0.225 e. The highest BCUT2D eigenvalue weighted by atomic mass is 16.1. The normalized spacial score (nSPS) is 10.4. The summed E-state index contributed by atoms with van der Waals surface area (Å²) in [4.78, 5) is 15.8. The van der Waals surface area contributed by atoms with Crippen molar-refractivity contribution in [2.45, 2.75) is 65.2 Å². The van der Waals surface area contributed by atoms with Gasteiger partial charge in [0.2, 0.25) is 5.91 Å². The zero-order valence-electron chi connectivity index (χ0n) is 12.2. The Morgan fingerprint density at radius 1 is 1.11 bits per heavy atom. The van der Waals surface area contributed by atoms with Gasteiger partial charge in [-0.05, 0) is 25.0 Å². The molecule has 1 heterocycles. The van der Waals surface area contributed by atoms with Crippen molar-refractivity contribution in [3.05, 3.63) is 23.9 Å². The van der Waals surface area contributed by atoms with Gasteiger partial charge in [0.15, 0.2) is 0 Å². The zero-order valence-corrected chi connectivity index (χ0v) is 12.2. The molecule has 0 aliphatic rings. The standard InChI is InChI=1S/C16H26N2O/c1-3-4-5-6-7-8-9-10-16(19)18-15-12-11-14(2)13-17-15/h11-13H,3-10H2,1-2H3,(H,17,18,19). The van der Waals surface area contributed by atoms with Crippen molar-refractivity contribution in [3.8, 4) is 0 Å². The zero-order chi connectivity index (χ0) is 13.9. The Labute approximate surface area is 116 Å². The second-order valence-corrected chi connectivity index (χ2v) is 5.14. The molecule has 0 unspecified atom stereocenters. The summed E-state index contributed by atoms with van der Waals surface area (Å²) < 4.78 is 0. The van der Waals surface area contributed by atoms with Crippen LogP contribution >= 0.6 is 0 Å². The van der Waals surface area contributed by atoms with Crippen LogP contribution in [0.2, 0.25) is 0 Å². The first-order chi connectivity index (χ1) is 9.22. The van der Waals surface area contributed by atoms with Gasteiger partial charge in [0.05, 0.1) is 0 Å². The number of nitrogens with one attached hydrogen (secondary N) is 1. The minimum atomic E-state index is 0.0740. The third kappa shape index (κ3) is 7.60. The van der Waals surface area contributed by atoms with Crippen molar-refractivity contribution >= 4 is 11.7 Å².